The molecule has 5 heteroatoms. The normalized spacial score (nSPS) is 22.0. The summed E-state index contributed by atoms with van der Waals surface area (Å²) in [4.78, 5) is 2.29. The first-order chi connectivity index (χ1) is 11.0. The first-order valence-electron chi connectivity index (χ1n) is 7.85. The van der Waals surface area contributed by atoms with Gasteiger partial charge >= 0.3 is 0 Å². The fraction of sp³-hybridized carbons (Fsp3) is 0.556. The average molecular weight is 332 g/mol. The molecule has 0 amide bonds. The summed E-state index contributed by atoms with van der Waals surface area (Å²) in [5.41, 5.74) is 0.847. The minimum atomic E-state index is -0.140. The summed E-state index contributed by atoms with van der Waals surface area (Å²) in [6.07, 6.45) is 0.931. The predicted octanol–water partition coefficient (Wildman–Crippen LogP) is 3.94. The lowest BCUT2D eigenvalue weighted by molar-refractivity contribution is -0.103. The van der Waals surface area contributed by atoms with Crippen molar-refractivity contribution in [2.75, 3.05) is 19.7 Å². The molecule has 1 saturated heterocycles. The zero-order chi connectivity index (χ0) is 16.9. The summed E-state index contributed by atoms with van der Waals surface area (Å²) >= 11 is 6.29. The van der Waals surface area contributed by atoms with Crippen LogP contribution >= 0.6 is 11.6 Å². The van der Waals surface area contributed by atoms with Crippen LogP contribution in [-0.2, 0) is 4.74 Å². The van der Waals surface area contributed by atoms with Crippen molar-refractivity contribution in [3.63, 3.8) is 0 Å². The maximum atomic E-state index is 9.34. The summed E-state index contributed by atoms with van der Waals surface area (Å²) in [6, 6.07) is 12.2. The van der Waals surface area contributed by atoms with Crippen molar-refractivity contribution in [3.8, 4) is 12.1 Å². The minimum Gasteiger partial charge on any atom is -0.370 e. The Bertz CT molecular complexity index is 617. The molecular weight excluding hydrogens is 310 g/mol. The number of nitriles is 2. The third-order valence-corrected chi connectivity index (χ3v) is 4.70. The number of morpholine rings is 1. The molecule has 4 nitrogen and oxygen atoms in total. The van der Waals surface area contributed by atoms with Crippen molar-refractivity contribution in [2.24, 2.45) is 5.92 Å². The zero-order valence-electron chi connectivity index (χ0n) is 13.6. The Morgan fingerprint density at radius 2 is 2.13 bits per heavy atom. The van der Waals surface area contributed by atoms with E-state index in [-0.39, 0.29) is 17.6 Å². The van der Waals surface area contributed by atoms with Crippen LogP contribution < -0.4 is 0 Å². The molecule has 0 saturated carbocycles. The standard InChI is InChI=1S/C18H22ClN3O/c1-18(2)13-23-17(15-7-3-4-8-16(15)19)12-22(18)11-14(10-21)6-5-9-20/h3-4,7-8,14,17H,5-6,11-13H2,1-2H3/t14-,17+/m0/s1. The molecule has 1 aromatic carbocycles. The molecule has 0 aromatic heterocycles. The quantitative estimate of drug-likeness (QED) is 0.820. The van der Waals surface area contributed by atoms with E-state index in [1.807, 2.05) is 24.3 Å². The Labute approximate surface area is 143 Å². The van der Waals surface area contributed by atoms with E-state index < -0.39 is 0 Å². The van der Waals surface area contributed by atoms with Crippen LogP contribution in [0.1, 0.15) is 38.4 Å². The highest BCUT2D eigenvalue weighted by Gasteiger charge is 2.37. The monoisotopic (exact) mass is 331 g/mol. The fourth-order valence-corrected chi connectivity index (χ4v) is 3.10. The number of benzene rings is 1. The van der Waals surface area contributed by atoms with Gasteiger partial charge in [0.1, 0.15) is 0 Å². The molecule has 1 aliphatic rings. The second-order valence-electron chi connectivity index (χ2n) is 6.56. The van der Waals surface area contributed by atoms with Gasteiger partial charge in [-0.2, -0.15) is 10.5 Å². The maximum Gasteiger partial charge on any atom is 0.0967 e. The number of nitrogens with zero attached hydrogens (tertiary/aromatic N) is 3. The van der Waals surface area contributed by atoms with Gasteiger partial charge in [-0.3, -0.25) is 4.90 Å². The molecule has 122 valence electrons. The van der Waals surface area contributed by atoms with E-state index in [9.17, 15) is 5.26 Å². The second kappa shape index (κ2) is 7.79. The SMILES string of the molecule is CC1(C)CO[C@@H](c2ccccc2Cl)CN1C[C@H](C#N)CCC#N. The van der Waals surface area contributed by atoms with Crippen LogP contribution in [0.2, 0.25) is 5.02 Å². The Morgan fingerprint density at radius 3 is 2.78 bits per heavy atom. The third kappa shape index (κ3) is 4.45. The Morgan fingerprint density at radius 1 is 1.39 bits per heavy atom. The highest BCUT2D eigenvalue weighted by atomic mass is 35.5. The van der Waals surface area contributed by atoms with E-state index in [0.717, 1.165) is 5.56 Å². The summed E-state index contributed by atoms with van der Waals surface area (Å²) in [6.45, 7) is 6.17. The van der Waals surface area contributed by atoms with Crippen LogP contribution in [0.3, 0.4) is 0 Å². The topological polar surface area (TPSA) is 60.0 Å². The Hall–Kier alpha value is -1.59. The molecule has 1 fully saturated rings. The van der Waals surface area contributed by atoms with E-state index in [0.29, 0.717) is 37.6 Å². The molecule has 2 atom stereocenters. The van der Waals surface area contributed by atoms with Gasteiger partial charge in [0.2, 0.25) is 0 Å². The summed E-state index contributed by atoms with van der Waals surface area (Å²) < 4.78 is 6.03. The number of hydrogen-bond donors (Lipinski definition) is 0. The van der Waals surface area contributed by atoms with Gasteiger partial charge in [0.25, 0.3) is 0 Å². The van der Waals surface area contributed by atoms with Gasteiger partial charge in [0.05, 0.1) is 30.8 Å². The van der Waals surface area contributed by atoms with E-state index >= 15 is 0 Å². The highest BCUT2D eigenvalue weighted by Crippen LogP contribution is 2.34. The smallest absolute Gasteiger partial charge is 0.0967 e. The van der Waals surface area contributed by atoms with E-state index in [1.54, 1.807) is 0 Å². The first-order valence-corrected chi connectivity index (χ1v) is 8.23. The Balaban J connectivity index is 2.12. The second-order valence-corrected chi connectivity index (χ2v) is 6.97. The van der Waals surface area contributed by atoms with Gasteiger partial charge in [-0.15, -0.1) is 0 Å². The van der Waals surface area contributed by atoms with Crippen LogP contribution in [0.4, 0.5) is 0 Å². The van der Waals surface area contributed by atoms with Gasteiger partial charge in [0, 0.05) is 35.6 Å². The first kappa shape index (κ1) is 17.8. The molecule has 0 aliphatic carbocycles. The van der Waals surface area contributed by atoms with Gasteiger partial charge < -0.3 is 4.74 Å². The van der Waals surface area contributed by atoms with Crippen LogP contribution in [-0.4, -0.2) is 30.1 Å². The lowest BCUT2D eigenvalue weighted by atomic mass is 9.95. The fourth-order valence-electron chi connectivity index (χ4n) is 2.84. The molecule has 1 aliphatic heterocycles. The van der Waals surface area contributed by atoms with E-state index in [4.69, 9.17) is 21.6 Å². The molecule has 1 heterocycles. The van der Waals surface area contributed by atoms with Crippen molar-refractivity contribution >= 4 is 11.6 Å². The van der Waals surface area contributed by atoms with Gasteiger partial charge in [-0.05, 0) is 26.3 Å². The third-order valence-electron chi connectivity index (χ3n) is 4.36. The summed E-state index contributed by atoms with van der Waals surface area (Å²) in [5.74, 6) is -0.140. The van der Waals surface area contributed by atoms with Crippen LogP contribution in [0, 0.1) is 28.6 Å². The van der Waals surface area contributed by atoms with Gasteiger partial charge in [-0.1, -0.05) is 29.8 Å². The zero-order valence-corrected chi connectivity index (χ0v) is 14.4. The lowest BCUT2D eigenvalue weighted by Crippen LogP contribution is -2.55. The van der Waals surface area contributed by atoms with Crippen molar-refractivity contribution in [1.82, 2.24) is 4.90 Å². The van der Waals surface area contributed by atoms with E-state index in [1.165, 1.54) is 0 Å². The summed E-state index contributed by atoms with van der Waals surface area (Å²) in [5, 5.41) is 18.8. The number of rotatable bonds is 5. The lowest BCUT2D eigenvalue weighted by Gasteiger charge is -2.46. The van der Waals surface area contributed by atoms with Gasteiger partial charge in [-0.25, -0.2) is 0 Å². The molecule has 23 heavy (non-hydrogen) atoms. The predicted molar refractivity (Wildman–Crippen MR) is 89.7 cm³/mol. The minimum absolute atomic E-state index is 0.0907. The Kier molecular flexibility index (Phi) is 6.02. The van der Waals surface area contributed by atoms with Gasteiger partial charge in [0.15, 0.2) is 0 Å². The largest absolute Gasteiger partial charge is 0.370 e. The summed E-state index contributed by atoms with van der Waals surface area (Å²) in [7, 11) is 0. The molecule has 0 N–H and O–H groups in total. The van der Waals surface area contributed by atoms with Crippen molar-refractivity contribution in [1.29, 1.82) is 10.5 Å². The molecular formula is C18H22ClN3O. The number of ether oxygens (including phenoxy) is 1. The van der Waals surface area contributed by atoms with Crippen LogP contribution in [0.25, 0.3) is 0 Å². The molecule has 2 rings (SSSR count). The highest BCUT2D eigenvalue weighted by molar-refractivity contribution is 6.31. The maximum absolute atomic E-state index is 9.34. The van der Waals surface area contributed by atoms with Crippen molar-refractivity contribution in [2.45, 2.75) is 38.3 Å². The molecule has 0 unspecified atom stereocenters. The number of hydrogen-bond acceptors (Lipinski definition) is 4. The molecule has 1 aromatic rings. The number of halogens is 1. The molecule has 0 spiro atoms. The van der Waals surface area contributed by atoms with Crippen LogP contribution in [0.15, 0.2) is 24.3 Å². The molecule has 0 radical (unpaired) electrons. The average Bonchev–Trinajstić information content (AvgIpc) is 2.53. The molecule has 0 bridgehead atoms. The van der Waals surface area contributed by atoms with Crippen molar-refractivity contribution in [3.05, 3.63) is 34.9 Å². The van der Waals surface area contributed by atoms with Crippen LogP contribution in [0.5, 0.6) is 0 Å². The van der Waals surface area contributed by atoms with E-state index in [2.05, 4.69) is 30.9 Å². The van der Waals surface area contributed by atoms with Crippen molar-refractivity contribution < 1.29 is 4.74 Å².